The molecule has 2 aromatic rings. The van der Waals surface area contributed by atoms with Crippen molar-refractivity contribution in [1.29, 1.82) is 0 Å². The van der Waals surface area contributed by atoms with Crippen LogP contribution in [0.5, 0.6) is 0 Å². The Morgan fingerprint density at radius 3 is 2.65 bits per heavy atom. The third-order valence-electron chi connectivity index (χ3n) is 6.14. The molecule has 2 aliphatic heterocycles. The van der Waals surface area contributed by atoms with Crippen molar-refractivity contribution in [2.75, 3.05) is 19.7 Å². The van der Waals surface area contributed by atoms with Crippen molar-refractivity contribution in [3.63, 3.8) is 0 Å². The summed E-state index contributed by atoms with van der Waals surface area (Å²) in [6.07, 6.45) is 5.15. The number of piperidine rings is 1. The average molecular weight is 351 g/mol. The maximum atomic E-state index is 13.3. The fourth-order valence-electron chi connectivity index (χ4n) is 4.92. The van der Waals surface area contributed by atoms with Crippen LogP contribution in [-0.4, -0.2) is 40.1 Å². The van der Waals surface area contributed by atoms with E-state index in [1.54, 1.807) is 0 Å². The summed E-state index contributed by atoms with van der Waals surface area (Å²) in [7, 11) is 0. The molecule has 0 N–H and O–H groups in total. The molecule has 0 radical (unpaired) electrons. The van der Waals surface area contributed by atoms with Crippen LogP contribution in [0, 0.1) is 11.8 Å². The van der Waals surface area contributed by atoms with Crippen LogP contribution in [0.1, 0.15) is 41.9 Å². The van der Waals surface area contributed by atoms with Crippen LogP contribution in [0.15, 0.2) is 30.3 Å². The first-order valence-electron chi connectivity index (χ1n) is 9.81. The molecule has 136 valence electrons. The maximum absolute atomic E-state index is 13.3. The second-order valence-electron chi connectivity index (χ2n) is 7.91. The molecule has 1 aliphatic carbocycles. The molecule has 5 nitrogen and oxygen atoms in total. The summed E-state index contributed by atoms with van der Waals surface area (Å²) in [5.74, 6) is 2.34. The highest BCUT2D eigenvalue weighted by Gasteiger charge is 2.35. The summed E-state index contributed by atoms with van der Waals surface area (Å²) in [5, 5.41) is 0. The minimum absolute atomic E-state index is 0.0954. The predicted molar refractivity (Wildman–Crippen MR) is 98.7 cm³/mol. The Balaban J connectivity index is 1.50. The molecule has 2 unspecified atom stereocenters. The van der Waals surface area contributed by atoms with Gasteiger partial charge in [-0.05, 0) is 31.1 Å². The van der Waals surface area contributed by atoms with Crippen LogP contribution in [0.2, 0.25) is 0 Å². The summed E-state index contributed by atoms with van der Waals surface area (Å²) in [6, 6.07) is 10.2. The molecule has 1 saturated heterocycles. The summed E-state index contributed by atoms with van der Waals surface area (Å²) in [4.78, 5) is 20.2. The van der Waals surface area contributed by atoms with E-state index in [9.17, 15) is 4.79 Å². The lowest BCUT2D eigenvalue weighted by Gasteiger charge is -2.41. The topological polar surface area (TPSA) is 47.4 Å². The fourth-order valence-corrected chi connectivity index (χ4v) is 4.92. The Morgan fingerprint density at radius 1 is 1.12 bits per heavy atom. The van der Waals surface area contributed by atoms with Crippen molar-refractivity contribution < 1.29 is 9.53 Å². The van der Waals surface area contributed by atoms with Gasteiger partial charge in [0.15, 0.2) is 5.69 Å². The van der Waals surface area contributed by atoms with E-state index in [1.807, 2.05) is 18.2 Å². The molecule has 2 fully saturated rings. The van der Waals surface area contributed by atoms with E-state index in [-0.39, 0.29) is 5.91 Å². The summed E-state index contributed by atoms with van der Waals surface area (Å²) in [6.45, 7) is 3.68. The first-order chi connectivity index (χ1) is 12.8. The van der Waals surface area contributed by atoms with Gasteiger partial charge < -0.3 is 14.2 Å². The van der Waals surface area contributed by atoms with Crippen molar-refractivity contribution in [2.24, 2.45) is 11.8 Å². The quantitative estimate of drug-likeness (QED) is 0.834. The number of benzene rings is 1. The molecule has 26 heavy (non-hydrogen) atoms. The Morgan fingerprint density at radius 2 is 1.88 bits per heavy atom. The first kappa shape index (κ1) is 16.1. The third kappa shape index (κ3) is 2.75. The smallest absolute Gasteiger partial charge is 0.274 e. The maximum Gasteiger partial charge on any atom is 0.274 e. The number of carbonyl (C=O) groups excluding carboxylic acids is 1. The predicted octanol–water partition coefficient (Wildman–Crippen LogP) is 3.34. The molecule has 1 amide bonds. The molecule has 2 bridgehead atoms. The number of likely N-dealkylation sites (tertiary alicyclic amines) is 1. The molecule has 1 aromatic carbocycles. The van der Waals surface area contributed by atoms with Gasteiger partial charge in [-0.25, -0.2) is 4.98 Å². The number of nitrogens with zero attached hydrogens (tertiary/aromatic N) is 3. The second-order valence-corrected chi connectivity index (χ2v) is 7.91. The molecule has 1 aromatic heterocycles. The standard InChI is InChI=1S/C21H25N3O2/c25-21(23-12-15-5-4-6-16(11-15)13-23)19-18-14-26-10-9-24(18)20(22-19)17-7-2-1-3-8-17/h1-3,7-8,15-16H,4-6,9-14H2. The molecular weight excluding hydrogens is 326 g/mol. The number of hydrogen-bond acceptors (Lipinski definition) is 3. The molecule has 3 heterocycles. The van der Waals surface area contributed by atoms with E-state index in [0.717, 1.165) is 36.7 Å². The molecule has 5 heteroatoms. The Hall–Kier alpha value is -2.14. The monoisotopic (exact) mass is 351 g/mol. The largest absolute Gasteiger partial charge is 0.373 e. The van der Waals surface area contributed by atoms with Gasteiger partial charge in [0, 0.05) is 25.2 Å². The van der Waals surface area contributed by atoms with Gasteiger partial charge in [0.25, 0.3) is 5.91 Å². The lowest BCUT2D eigenvalue weighted by Crippen LogP contribution is -2.46. The Kier molecular flexibility index (Phi) is 4.04. The second kappa shape index (κ2) is 6.54. The molecule has 1 saturated carbocycles. The minimum atomic E-state index is 0.0954. The molecule has 0 spiro atoms. The van der Waals surface area contributed by atoms with E-state index in [1.165, 1.54) is 25.7 Å². The number of hydrogen-bond donors (Lipinski definition) is 0. The van der Waals surface area contributed by atoms with E-state index >= 15 is 0 Å². The van der Waals surface area contributed by atoms with E-state index in [2.05, 4.69) is 21.6 Å². The number of imidazole rings is 1. The van der Waals surface area contributed by atoms with Gasteiger partial charge in [-0.1, -0.05) is 36.8 Å². The van der Waals surface area contributed by atoms with Crippen LogP contribution in [0.3, 0.4) is 0 Å². The van der Waals surface area contributed by atoms with Gasteiger partial charge in [-0.15, -0.1) is 0 Å². The lowest BCUT2D eigenvalue weighted by atomic mass is 9.78. The summed E-state index contributed by atoms with van der Waals surface area (Å²) in [5.41, 5.74) is 2.60. The van der Waals surface area contributed by atoms with Crippen LogP contribution < -0.4 is 0 Å². The van der Waals surface area contributed by atoms with Crippen LogP contribution in [-0.2, 0) is 17.9 Å². The van der Waals surface area contributed by atoms with Gasteiger partial charge in [0.05, 0.1) is 18.9 Å². The lowest BCUT2D eigenvalue weighted by molar-refractivity contribution is 0.0484. The SMILES string of the molecule is O=C(c1nc(-c2ccccc2)n2c1COCC2)N1CC2CCCC(C2)C1. The number of fused-ring (bicyclic) bond motifs is 3. The van der Waals surface area contributed by atoms with Crippen LogP contribution in [0.4, 0.5) is 0 Å². The third-order valence-corrected chi connectivity index (χ3v) is 6.14. The van der Waals surface area contributed by atoms with Crippen molar-refractivity contribution in [2.45, 2.75) is 38.8 Å². The van der Waals surface area contributed by atoms with E-state index in [0.29, 0.717) is 30.7 Å². The fraction of sp³-hybridized carbons (Fsp3) is 0.524. The van der Waals surface area contributed by atoms with Gasteiger partial charge in [-0.3, -0.25) is 4.79 Å². The van der Waals surface area contributed by atoms with Gasteiger partial charge in [0.2, 0.25) is 0 Å². The van der Waals surface area contributed by atoms with Gasteiger partial charge >= 0.3 is 0 Å². The van der Waals surface area contributed by atoms with E-state index in [4.69, 9.17) is 9.72 Å². The summed E-state index contributed by atoms with van der Waals surface area (Å²) < 4.78 is 7.84. The highest BCUT2D eigenvalue weighted by atomic mass is 16.5. The normalized spacial score (nSPS) is 25.0. The number of rotatable bonds is 2. The zero-order chi connectivity index (χ0) is 17.5. The molecule has 3 aliphatic rings. The Bertz CT molecular complexity index is 802. The van der Waals surface area contributed by atoms with Crippen molar-refractivity contribution in [3.05, 3.63) is 41.7 Å². The molecule has 2 atom stereocenters. The van der Waals surface area contributed by atoms with Gasteiger partial charge in [-0.2, -0.15) is 0 Å². The number of carbonyl (C=O) groups is 1. The zero-order valence-electron chi connectivity index (χ0n) is 15.1. The summed E-state index contributed by atoms with van der Waals surface area (Å²) >= 11 is 0. The zero-order valence-corrected chi connectivity index (χ0v) is 15.1. The highest BCUT2D eigenvalue weighted by Crippen LogP contribution is 2.35. The number of aromatic nitrogens is 2. The van der Waals surface area contributed by atoms with E-state index < -0.39 is 0 Å². The number of amides is 1. The Labute approximate surface area is 154 Å². The minimum Gasteiger partial charge on any atom is -0.373 e. The van der Waals surface area contributed by atoms with Crippen molar-refractivity contribution >= 4 is 5.91 Å². The molecule has 5 rings (SSSR count). The number of ether oxygens (including phenoxy) is 1. The van der Waals surface area contributed by atoms with Crippen molar-refractivity contribution in [1.82, 2.24) is 14.5 Å². The first-order valence-corrected chi connectivity index (χ1v) is 9.81. The van der Waals surface area contributed by atoms with Crippen LogP contribution >= 0.6 is 0 Å². The van der Waals surface area contributed by atoms with Crippen LogP contribution in [0.25, 0.3) is 11.4 Å². The molecular formula is C21H25N3O2. The van der Waals surface area contributed by atoms with Crippen molar-refractivity contribution in [3.8, 4) is 11.4 Å². The average Bonchev–Trinajstić information content (AvgIpc) is 3.07. The van der Waals surface area contributed by atoms with Gasteiger partial charge in [0.1, 0.15) is 5.82 Å². The highest BCUT2D eigenvalue weighted by molar-refractivity contribution is 5.94.